The molecule has 1 saturated heterocycles. The molecule has 1 aliphatic heterocycles. The molecule has 3 rings (SSSR count). The van der Waals surface area contributed by atoms with Crippen LogP contribution < -0.4 is 9.62 Å². The van der Waals surface area contributed by atoms with E-state index < -0.39 is 17.0 Å². The number of aliphatic hydroxyl groups is 1. The van der Waals surface area contributed by atoms with Crippen LogP contribution in [0.4, 0.5) is 0 Å². The van der Waals surface area contributed by atoms with Crippen molar-refractivity contribution in [3.05, 3.63) is 60.2 Å². The van der Waals surface area contributed by atoms with Crippen LogP contribution in [-0.4, -0.2) is 47.7 Å². The highest BCUT2D eigenvalue weighted by Gasteiger charge is 2.52. The van der Waals surface area contributed by atoms with Crippen LogP contribution in [0.25, 0.3) is 0 Å². The third-order valence-electron chi connectivity index (χ3n) is 5.85. The molecule has 0 unspecified atom stereocenters. The third kappa shape index (κ3) is 4.41. The maximum absolute atomic E-state index is 12.7. The summed E-state index contributed by atoms with van der Waals surface area (Å²) in [6.07, 6.45) is 0.505. The molecule has 0 bridgehead atoms. The summed E-state index contributed by atoms with van der Waals surface area (Å²) in [7, 11) is 1.57. The maximum atomic E-state index is 12.7. The van der Waals surface area contributed by atoms with Gasteiger partial charge in [-0.3, -0.25) is 9.68 Å². The Morgan fingerprint density at radius 3 is 2.13 bits per heavy atom. The first-order chi connectivity index (χ1) is 14.3. The largest absolute Gasteiger partial charge is 0.497 e. The molecule has 1 heterocycles. The quantitative estimate of drug-likeness (QED) is 0.578. The molecule has 2 aromatic carbocycles. The molecule has 1 aliphatic rings. The number of para-hydroxylation sites is 1. The number of nitrogens with zero attached hydrogens (tertiary/aromatic N) is 1. The molecule has 0 spiro atoms. The summed E-state index contributed by atoms with van der Waals surface area (Å²) >= 11 is 0. The summed E-state index contributed by atoms with van der Waals surface area (Å²) in [6.45, 7) is 3.92. The fourth-order valence-electron chi connectivity index (χ4n) is 3.48. The number of rotatable bonds is 6. The van der Waals surface area contributed by atoms with Crippen LogP contribution in [0.2, 0.25) is 0 Å². The third-order valence-corrected chi connectivity index (χ3v) is 5.85. The minimum atomic E-state index is -1.32. The number of methoxy groups -OCH3 is 1. The van der Waals surface area contributed by atoms with Gasteiger partial charge in [-0.25, -0.2) is 9.68 Å². The smallest absolute Gasteiger partial charge is 0.363 e. The van der Waals surface area contributed by atoms with E-state index in [9.17, 15) is 14.7 Å². The summed E-state index contributed by atoms with van der Waals surface area (Å²) in [5.41, 5.74) is -1.98. The summed E-state index contributed by atoms with van der Waals surface area (Å²) < 4.78 is 5.12. The van der Waals surface area contributed by atoms with E-state index in [-0.39, 0.29) is 18.7 Å². The van der Waals surface area contributed by atoms with Crippen molar-refractivity contribution in [2.24, 2.45) is 5.41 Å². The Morgan fingerprint density at radius 2 is 1.57 bits per heavy atom. The number of hydrogen-bond donors (Lipinski definition) is 1. The van der Waals surface area contributed by atoms with E-state index in [1.54, 1.807) is 74.4 Å². The second-order valence-corrected chi connectivity index (χ2v) is 7.94. The highest BCUT2D eigenvalue weighted by Crippen LogP contribution is 2.40. The van der Waals surface area contributed by atoms with Crippen molar-refractivity contribution < 1.29 is 29.2 Å². The molecular weight excluding hydrogens is 386 g/mol. The SMILES string of the molecule is COc1ccc(C(=O)N2CCC(O)(C(C)(C)C(=O)OOc3ccccc3)CC2)cc1. The number of ether oxygens (including phenoxy) is 1. The van der Waals surface area contributed by atoms with E-state index in [0.717, 1.165) is 0 Å². The van der Waals surface area contributed by atoms with Crippen LogP contribution in [0.3, 0.4) is 0 Å². The Kier molecular flexibility index (Phi) is 6.31. The van der Waals surface area contributed by atoms with Gasteiger partial charge in [-0.15, -0.1) is 0 Å². The second kappa shape index (κ2) is 8.75. The first-order valence-electron chi connectivity index (χ1n) is 9.86. The molecule has 0 radical (unpaired) electrons. The van der Waals surface area contributed by atoms with E-state index in [2.05, 4.69) is 0 Å². The highest BCUT2D eigenvalue weighted by molar-refractivity contribution is 5.94. The van der Waals surface area contributed by atoms with Crippen molar-refractivity contribution in [1.29, 1.82) is 0 Å². The molecule has 1 N–H and O–H groups in total. The molecule has 0 saturated carbocycles. The lowest BCUT2D eigenvalue weighted by Gasteiger charge is -2.45. The van der Waals surface area contributed by atoms with Crippen LogP contribution in [-0.2, 0) is 9.68 Å². The molecular formula is C23H27NO6. The molecule has 30 heavy (non-hydrogen) atoms. The number of hydrogen-bond acceptors (Lipinski definition) is 6. The maximum Gasteiger partial charge on any atom is 0.363 e. The minimum absolute atomic E-state index is 0.118. The van der Waals surface area contributed by atoms with E-state index in [1.165, 1.54) is 0 Å². The molecule has 0 aliphatic carbocycles. The first-order valence-corrected chi connectivity index (χ1v) is 9.86. The fourth-order valence-corrected chi connectivity index (χ4v) is 3.48. The van der Waals surface area contributed by atoms with Crippen molar-refractivity contribution in [1.82, 2.24) is 4.90 Å². The number of likely N-dealkylation sites (tertiary alicyclic amines) is 1. The van der Waals surface area contributed by atoms with Crippen LogP contribution >= 0.6 is 0 Å². The number of carbonyl (C=O) groups excluding carboxylic acids is 2. The van der Waals surface area contributed by atoms with Crippen LogP contribution in [0.5, 0.6) is 11.5 Å². The predicted molar refractivity (Wildman–Crippen MR) is 110 cm³/mol. The topological polar surface area (TPSA) is 85.3 Å². The van der Waals surface area contributed by atoms with E-state index in [1.807, 2.05) is 6.07 Å². The van der Waals surface area contributed by atoms with Crippen molar-refractivity contribution >= 4 is 11.9 Å². The average molecular weight is 413 g/mol. The second-order valence-electron chi connectivity index (χ2n) is 7.94. The Balaban J connectivity index is 1.60. The van der Waals surface area contributed by atoms with Gasteiger partial charge in [0.25, 0.3) is 5.91 Å². The molecule has 1 amide bonds. The number of benzene rings is 2. The number of amides is 1. The number of piperidine rings is 1. The van der Waals surface area contributed by atoms with Gasteiger partial charge in [0.15, 0.2) is 5.75 Å². The van der Waals surface area contributed by atoms with Gasteiger partial charge in [0.2, 0.25) is 0 Å². The minimum Gasteiger partial charge on any atom is -0.497 e. The zero-order valence-corrected chi connectivity index (χ0v) is 17.5. The zero-order valence-electron chi connectivity index (χ0n) is 17.5. The van der Waals surface area contributed by atoms with Gasteiger partial charge in [0.1, 0.15) is 5.75 Å². The van der Waals surface area contributed by atoms with Crippen LogP contribution in [0, 0.1) is 5.41 Å². The van der Waals surface area contributed by atoms with E-state index in [0.29, 0.717) is 30.2 Å². The standard InChI is InChI=1S/C23H27NO6/c1-22(2,21(26)30-29-19-7-5-4-6-8-19)23(27)13-15-24(16-14-23)20(25)17-9-11-18(28-3)12-10-17/h4-12,27H,13-16H2,1-3H3. The Hall–Kier alpha value is -3.06. The number of carbonyl (C=O) groups is 2. The predicted octanol–water partition coefficient (Wildman–Crippen LogP) is 3.23. The van der Waals surface area contributed by atoms with Crippen LogP contribution in [0.1, 0.15) is 37.0 Å². The average Bonchev–Trinajstić information content (AvgIpc) is 2.78. The van der Waals surface area contributed by atoms with Gasteiger partial charge in [-0.05, 0) is 63.1 Å². The lowest BCUT2D eigenvalue weighted by Crippen LogP contribution is -2.57. The van der Waals surface area contributed by atoms with Gasteiger partial charge >= 0.3 is 5.97 Å². The monoisotopic (exact) mass is 413 g/mol. The van der Waals surface area contributed by atoms with Gasteiger partial charge in [-0.2, -0.15) is 0 Å². The molecule has 7 heteroatoms. The van der Waals surface area contributed by atoms with Gasteiger partial charge in [0, 0.05) is 18.7 Å². The summed E-state index contributed by atoms with van der Waals surface area (Å²) in [5, 5.41) is 11.2. The van der Waals surface area contributed by atoms with Crippen molar-refractivity contribution in [2.45, 2.75) is 32.3 Å². The summed E-state index contributed by atoms with van der Waals surface area (Å²) in [4.78, 5) is 37.1. The zero-order chi connectivity index (χ0) is 21.8. The van der Waals surface area contributed by atoms with Crippen molar-refractivity contribution in [3.8, 4) is 11.5 Å². The Morgan fingerprint density at radius 1 is 0.967 bits per heavy atom. The molecule has 7 nitrogen and oxygen atoms in total. The molecule has 1 fully saturated rings. The molecule has 0 aromatic heterocycles. The molecule has 2 aromatic rings. The summed E-state index contributed by atoms with van der Waals surface area (Å²) in [6, 6.07) is 15.6. The Bertz CT molecular complexity index is 870. The normalized spacial score (nSPS) is 15.9. The van der Waals surface area contributed by atoms with E-state index in [4.69, 9.17) is 14.5 Å². The first kappa shape index (κ1) is 21.6. The molecule has 160 valence electrons. The van der Waals surface area contributed by atoms with E-state index >= 15 is 0 Å². The van der Waals surface area contributed by atoms with Crippen LogP contribution in [0.15, 0.2) is 54.6 Å². The van der Waals surface area contributed by atoms with Crippen molar-refractivity contribution in [3.63, 3.8) is 0 Å². The van der Waals surface area contributed by atoms with Crippen molar-refractivity contribution in [2.75, 3.05) is 20.2 Å². The summed E-state index contributed by atoms with van der Waals surface area (Å²) in [5.74, 6) is 0.294. The van der Waals surface area contributed by atoms with Gasteiger partial charge in [-0.1, -0.05) is 18.2 Å². The highest BCUT2D eigenvalue weighted by atomic mass is 17.2. The Labute approximate surface area is 176 Å². The lowest BCUT2D eigenvalue weighted by molar-refractivity contribution is -0.238. The fraction of sp³-hybridized carbons (Fsp3) is 0.391. The van der Waals surface area contributed by atoms with Gasteiger partial charge < -0.3 is 14.7 Å². The van der Waals surface area contributed by atoms with Gasteiger partial charge in [0.05, 0.1) is 18.1 Å². The lowest BCUT2D eigenvalue weighted by atomic mass is 9.69. The molecule has 0 atom stereocenters.